The van der Waals surface area contributed by atoms with Crippen LogP contribution in [0.2, 0.25) is 0 Å². The molecule has 0 saturated carbocycles. The van der Waals surface area contributed by atoms with Crippen LogP contribution in [-0.4, -0.2) is 27.5 Å². The number of amidine groups is 2. The summed E-state index contributed by atoms with van der Waals surface area (Å²) in [5.74, 6) is 0.0703. The maximum Gasteiger partial charge on any atom is 0.283 e. The van der Waals surface area contributed by atoms with Crippen molar-refractivity contribution in [3.63, 3.8) is 0 Å². The molecule has 0 saturated heterocycles. The van der Waals surface area contributed by atoms with E-state index in [-0.39, 0.29) is 11.4 Å². The Hall–Kier alpha value is -2.15. The highest BCUT2D eigenvalue weighted by atomic mass is 32.2. The summed E-state index contributed by atoms with van der Waals surface area (Å²) in [6.07, 6.45) is 2.99. The highest BCUT2D eigenvalue weighted by molar-refractivity contribution is 8.25. The minimum atomic E-state index is -0.448. The minimum Gasteiger partial charge on any atom is -0.465 e. The summed E-state index contributed by atoms with van der Waals surface area (Å²) >= 11 is 1.22. The number of fused-ring (bicyclic) bond motifs is 1. The summed E-state index contributed by atoms with van der Waals surface area (Å²) < 4.78 is 5.11. The number of carbonyl (C=O) groups excluding carboxylic acids is 1. The number of aliphatic imine (C=N–C) groups is 1. The van der Waals surface area contributed by atoms with Gasteiger partial charge in [0.25, 0.3) is 5.91 Å². The molecule has 0 spiro atoms. The Morgan fingerprint density at radius 1 is 1.53 bits per heavy atom. The van der Waals surface area contributed by atoms with Crippen molar-refractivity contribution in [3.05, 3.63) is 29.7 Å². The molecule has 1 aromatic rings. The van der Waals surface area contributed by atoms with Crippen LogP contribution in [0.25, 0.3) is 6.08 Å². The predicted octanol–water partition coefficient (Wildman–Crippen LogP) is 1.53. The molecule has 2 aliphatic heterocycles. The third-order valence-electron chi connectivity index (χ3n) is 2.23. The Kier molecular flexibility index (Phi) is 2.19. The van der Waals surface area contributed by atoms with Gasteiger partial charge in [-0.1, -0.05) is 0 Å². The van der Waals surface area contributed by atoms with Crippen LogP contribution in [0.3, 0.4) is 0 Å². The van der Waals surface area contributed by atoms with Gasteiger partial charge in [-0.15, -0.1) is 0 Å². The number of nitrogens with zero attached hydrogens (tertiary/aromatic N) is 3. The summed E-state index contributed by atoms with van der Waals surface area (Å²) in [5.41, 5.74) is 1.71. The second kappa shape index (κ2) is 3.70. The van der Waals surface area contributed by atoms with E-state index in [2.05, 4.69) is 10.1 Å². The van der Waals surface area contributed by atoms with Crippen LogP contribution in [0, 0.1) is 5.41 Å². The lowest BCUT2D eigenvalue weighted by molar-refractivity contribution is -0.114. The number of hydrazone groups is 1. The third kappa shape index (κ3) is 1.60. The lowest BCUT2D eigenvalue weighted by Gasteiger charge is -2.19. The molecule has 17 heavy (non-hydrogen) atoms. The first kappa shape index (κ1) is 10.0. The standard InChI is InChI=1S/C10H6N4O2S/c11-8-7(4-6-2-1-3-16-6)9(15)13-10-14(8)12-5-17-10/h1-5,11H/b7-4+,11-8?. The zero-order valence-corrected chi connectivity index (χ0v) is 9.27. The first-order valence-corrected chi connectivity index (χ1v) is 5.60. The molecule has 0 aliphatic carbocycles. The Labute approximate surface area is 100 Å². The van der Waals surface area contributed by atoms with E-state index in [1.807, 2.05) is 0 Å². The van der Waals surface area contributed by atoms with Gasteiger partial charge in [-0.3, -0.25) is 10.2 Å². The molecule has 1 aromatic heterocycles. The fourth-order valence-electron chi connectivity index (χ4n) is 1.45. The molecule has 2 aliphatic rings. The molecule has 0 unspecified atom stereocenters. The number of furan rings is 1. The molecular formula is C10H6N4O2S. The number of nitrogens with one attached hydrogen (secondary N) is 1. The maximum absolute atomic E-state index is 11.7. The maximum atomic E-state index is 11.7. The highest BCUT2D eigenvalue weighted by Gasteiger charge is 2.32. The second-order valence-corrected chi connectivity index (χ2v) is 4.08. The number of carbonyl (C=O) groups is 1. The van der Waals surface area contributed by atoms with Crippen molar-refractivity contribution in [1.82, 2.24) is 5.01 Å². The van der Waals surface area contributed by atoms with E-state index in [1.165, 1.54) is 34.7 Å². The molecule has 6 nitrogen and oxygen atoms in total. The third-order valence-corrected chi connectivity index (χ3v) is 2.90. The monoisotopic (exact) mass is 246 g/mol. The van der Waals surface area contributed by atoms with Gasteiger partial charge >= 0.3 is 0 Å². The molecule has 0 atom stereocenters. The molecule has 0 radical (unpaired) electrons. The van der Waals surface area contributed by atoms with Crippen molar-refractivity contribution in [3.8, 4) is 0 Å². The van der Waals surface area contributed by atoms with Crippen LogP contribution in [0.15, 0.2) is 38.5 Å². The SMILES string of the molecule is N=C1/C(=C\c2ccco2)C(=O)N=C2SC=NN12. The van der Waals surface area contributed by atoms with Gasteiger partial charge in [-0.05, 0) is 30.0 Å². The van der Waals surface area contributed by atoms with Gasteiger partial charge in [0.05, 0.1) is 17.4 Å². The Morgan fingerprint density at radius 2 is 2.41 bits per heavy atom. The van der Waals surface area contributed by atoms with E-state index in [0.29, 0.717) is 10.9 Å². The van der Waals surface area contributed by atoms with Gasteiger partial charge in [-0.2, -0.15) is 15.1 Å². The summed E-state index contributed by atoms with van der Waals surface area (Å²) in [4.78, 5) is 15.6. The van der Waals surface area contributed by atoms with Crippen molar-refractivity contribution in [1.29, 1.82) is 5.41 Å². The number of rotatable bonds is 1. The quantitative estimate of drug-likeness (QED) is 0.762. The average molecular weight is 246 g/mol. The molecule has 84 valence electrons. The van der Waals surface area contributed by atoms with Crippen molar-refractivity contribution in [2.45, 2.75) is 0 Å². The number of hydrogen-bond donors (Lipinski definition) is 1. The molecule has 1 N–H and O–H groups in total. The van der Waals surface area contributed by atoms with Crippen LogP contribution in [-0.2, 0) is 4.79 Å². The van der Waals surface area contributed by atoms with Crippen LogP contribution in [0.1, 0.15) is 5.76 Å². The largest absolute Gasteiger partial charge is 0.465 e. The average Bonchev–Trinajstić information content (AvgIpc) is 2.94. The van der Waals surface area contributed by atoms with Gasteiger partial charge in [0.1, 0.15) is 5.76 Å². The number of thioether (sulfide) groups is 1. The molecule has 0 fully saturated rings. The molecule has 0 aromatic carbocycles. The van der Waals surface area contributed by atoms with Gasteiger partial charge in [0.2, 0.25) is 0 Å². The van der Waals surface area contributed by atoms with Crippen molar-refractivity contribution < 1.29 is 9.21 Å². The first-order valence-electron chi connectivity index (χ1n) is 4.72. The molecule has 7 heteroatoms. The minimum absolute atomic E-state index is 0.0117. The van der Waals surface area contributed by atoms with Crippen LogP contribution < -0.4 is 0 Å². The van der Waals surface area contributed by atoms with Crippen molar-refractivity contribution in [2.24, 2.45) is 10.1 Å². The summed E-state index contributed by atoms with van der Waals surface area (Å²) in [6.45, 7) is 0. The van der Waals surface area contributed by atoms with Gasteiger partial charge in [-0.25, -0.2) is 0 Å². The fourth-order valence-corrected chi connectivity index (χ4v) is 2.06. The zero-order chi connectivity index (χ0) is 11.8. The van der Waals surface area contributed by atoms with Gasteiger partial charge in [0.15, 0.2) is 11.0 Å². The molecular weight excluding hydrogens is 240 g/mol. The normalized spacial score (nSPS) is 21.1. The number of hydrogen-bond acceptors (Lipinski definition) is 5. The Morgan fingerprint density at radius 3 is 3.18 bits per heavy atom. The Bertz CT molecular complexity index is 585. The van der Waals surface area contributed by atoms with E-state index in [9.17, 15) is 4.79 Å². The Balaban J connectivity index is 2.04. The van der Waals surface area contributed by atoms with Gasteiger partial charge < -0.3 is 4.42 Å². The lowest BCUT2D eigenvalue weighted by atomic mass is 10.1. The van der Waals surface area contributed by atoms with E-state index in [4.69, 9.17) is 9.83 Å². The summed E-state index contributed by atoms with van der Waals surface area (Å²) in [7, 11) is 0. The van der Waals surface area contributed by atoms with Crippen molar-refractivity contribution >= 4 is 40.3 Å². The van der Waals surface area contributed by atoms with Crippen LogP contribution in [0.5, 0.6) is 0 Å². The lowest BCUT2D eigenvalue weighted by Crippen LogP contribution is -2.35. The second-order valence-electron chi connectivity index (χ2n) is 3.27. The van der Waals surface area contributed by atoms with E-state index >= 15 is 0 Å². The predicted molar refractivity (Wildman–Crippen MR) is 64.8 cm³/mol. The molecule has 0 bridgehead atoms. The molecule has 3 rings (SSSR count). The first-order chi connectivity index (χ1) is 8.25. The molecule has 1 amide bonds. The van der Waals surface area contributed by atoms with E-state index in [1.54, 1.807) is 12.1 Å². The molecule has 3 heterocycles. The van der Waals surface area contributed by atoms with Gasteiger partial charge in [0, 0.05) is 0 Å². The summed E-state index contributed by atoms with van der Waals surface area (Å²) in [6, 6.07) is 3.41. The van der Waals surface area contributed by atoms with Crippen LogP contribution in [0.4, 0.5) is 0 Å². The topological polar surface area (TPSA) is 82.0 Å². The fraction of sp³-hybridized carbons (Fsp3) is 0. The van der Waals surface area contributed by atoms with Crippen molar-refractivity contribution in [2.75, 3.05) is 0 Å². The van der Waals surface area contributed by atoms with E-state index in [0.717, 1.165) is 0 Å². The smallest absolute Gasteiger partial charge is 0.283 e. The van der Waals surface area contributed by atoms with E-state index < -0.39 is 5.91 Å². The summed E-state index contributed by atoms with van der Waals surface area (Å²) in [5, 5.41) is 13.6. The zero-order valence-electron chi connectivity index (χ0n) is 8.45. The highest BCUT2D eigenvalue weighted by Crippen LogP contribution is 2.24. The number of amides is 1. The van der Waals surface area contributed by atoms with Crippen LogP contribution >= 0.6 is 11.8 Å².